The fourth-order valence-corrected chi connectivity index (χ4v) is 0.239. The summed E-state index contributed by atoms with van der Waals surface area (Å²) in [4.78, 5) is 4.51. The highest BCUT2D eigenvalue weighted by atomic mass is 16.9. The summed E-state index contributed by atoms with van der Waals surface area (Å²) in [6, 6.07) is 0. The lowest BCUT2D eigenvalue weighted by atomic mass is 10.5. The van der Waals surface area contributed by atoms with Gasteiger partial charge in [-0.05, 0) is 13.5 Å². The third kappa shape index (κ3) is 4.01. The Bertz CT molecular complexity index is 51.3. The molecule has 0 heterocycles. The van der Waals surface area contributed by atoms with E-state index in [1.54, 1.807) is 0 Å². The average Bonchev–Trinajstić information content (AvgIpc) is 1.83. The van der Waals surface area contributed by atoms with Gasteiger partial charge in [0.05, 0.1) is 6.61 Å². The Labute approximate surface area is 48.9 Å². The van der Waals surface area contributed by atoms with E-state index in [-0.39, 0.29) is 0 Å². The van der Waals surface area contributed by atoms with E-state index >= 15 is 0 Å². The highest BCUT2D eigenvalue weighted by Crippen LogP contribution is 1.81. The lowest BCUT2D eigenvalue weighted by Gasteiger charge is -2.24. The molecule has 0 radical (unpaired) electrons. The maximum Gasteiger partial charge on any atom is 0.0686 e. The quantitative estimate of drug-likeness (QED) is 0.539. The van der Waals surface area contributed by atoms with Crippen molar-refractivity contribution in [3.05, 3.63) is 5.21 Å². The first-order valence-corrected chi connectivity index (χ1v) is 2.58. The second kappa shape index (κ2) is 4.99. The molecule has 0 rings (SSSR count). The molecule has 0 saturated heterocycles. The van der Waals surface area contributed by atoms with Crippen molar-refractivity contribution in [2.75, 3.05) is 13.7 Å². The van der Waals surface area contributed by atoms with E-state index in [0.29, 0.717) is 11.9 Å². The number of hydrogen-bond donors (Lipinski definition) is 1. The van der Waals surface area contributed by atoms with Crippen LogP contribution < -0.4 is 5.43 Å². The average molecular weight is 119 g/mol. The summed E-state index contributed by atoms with van der Waals surface area (Å²) < 4.78 is 0. The van der Waals surface area contributed by atoms with E-state index in [1.165, 1.54) is 7.05 Å². The molecule has 0 aliphatic heterocycles. The summed E-state index contributed by atoms with van der Waals surface area (Å²) in [6.45, 7) is 2.40. The standard InChI is InChI=1S/C4H11N2O2/c1-3-4-8-6(7)5-2/h5H,3-4H2,1-2H3/q-1. The second-order valence-corrected chi connectivity index (χ2v) is 1.31. The number of nitrogens with one attached hydrogen (secondary N) is 1. The fraction of sp³-hybridized carbons (Fsp3) is 1.00. The summed E-state index contributed by atoms with van der Waals surface area (Å²) >= 11 is 0. The SMILES string of the molecule is CCCON([O-])NC. The van der Waals surface area contributed by atoms with Gasteiger partial charge in [-0.25, -0.2) is 5.43 Å². The first kappa shape index (κ1) is 7.84. The van der Waals surface area contributed by atoms with Crippen LogP contribution in [-0.2, 0) is 4.84 Å². The van der Waals surface area contributed by atoms with Gasteiger partial charge in [0.15, 0.2) is 0 Å². The molecule has 0 spiro atoms. The third-order valence-corrected chi connectivity index (χ3v) is 0.595. The van der Waals surface area contributed by atoms with E-state index in [2.05, 4.69) is 10.3 Å². The minimum atomic E-state index is 0.337. The monoisotopic (exact) mass is 119 g/mol. The Balaban J connectivity index is 2.86. The van der Waals surface area contributed by atoms with Gasteiger partial charge >= 0.3 is 0 Å². The van der Waals surface area contributed by atoms with Crippen molar-refractivity contribution < 1.29 is 4.84 Å². The third-order valence-electron chi connectivity index (χ3n) is 0.595. The molecule has 0 aliphatic carbocycles. The van der Waals surface area contributed by atoms with Gasteiger partial charge in [0, 0.05) is 0 Å². The molecule has 0 aromatic rings. The molecule has 1 N–H and O–H groups in total. The van der Waals surface area contributed by atoms with E-state index in [0.717, 1.165) is 6.42 Å². The minimum absolute atomic E-state index is 0.337. The predicted octanol–water partition coefficient (Wildman–Crippen LogP) is 0.262. The Hall–Kier alpha value is -0.160. The van der Waals surface area contributed by atoms with Gasteiger partial charge in [-0.1, -0.05) is 6.92 Å². The van der Waals surface area contributed by atoms with Crippen LogP contribution in [0.3, 0.4) is 0 Å². The van der Waals surface area contributed by atoms with Gasteiger partial charge in [0.2, 0.25) is 0 Å². The smallest absolute Gasteiger partial charge is 0.0686 e. The minimum Gasteiger partial charge on any atom is -0.748 e. The molecule has 0 unspecified atom stereocenters. The van der Waals surface area contributed by atoms with Crippen molar-refractivity contribution in [1.29, 1.82) is 0 Å². The zero-order valence-corrected chi connectivity index (χ0v) is 5.18. The fourth-order valence-electron chi connectivity index (χ4n) is 0.239. The van der Waals surface area contributed by atoms with Crippen molar-refractivity contribution in [3.63, 3.8) is 0 Å². The van der Waals surface area contributed by atoms with Crippen LogP contribution in [0.2, 0.25) is 0 Å². The molecule has 50 valence electrons. The maximum absolute atomic E-state index is 10.2. The van der Waals surface area contributed by atoms with Crippen LogP contribution in [0, 0.1) is 5.21 Å². The highest BCUT2D eigenvalue weighted by Gasteiger charge is 1.81. The van der Waals surface area contributed by atoms with Crippen LogP contribution in [0.4, 0.5) is 0 Å². The van der Waals surface area contributed by atoms with E-state index in [9.17, 15) is 5.21 Å². The topological polar surface area (TPSA) is 47.6 Å². The summed E-state index contributed by atoms with van der Waals surface area (Å²) in [5.41, 5.74) is 2.26. The molecule has 4 heteroatoms. The first-order chi connectivity index (χ1) is 3.81. The predicted molar refractivity (Wildman–Crippen MR) is 30.5 cm³/mol. The second-order valence-electron chi connectivity index (χ2n) is 1.31. The van der Waals surface area contributed by atoms with E-state index in [1.807, 2.05) is 6.92 Å². The molecule has 0 aliphatic rings. The van der Waals surface area contributed by atoms with Crippen molar-refractivity contribution >= 4 is 0 Å². The molecular formula is C4H11N2O2-. The van der Waals surface area contributed by atoms with Gasteiger partial charge in [-0.15, -0.1) is 0 Å². The van der Waals surface area contributed by atoms with Crippen LogP contribution in [0.15, 0.2) is 0 Å². The summed E-state index contributed by atoms with van der Waals surface area (Å²) in [5, 5.41) is 10.5. The highest BCUT2D eigenvalue weighted by molar-refractivity contribution is 4.26. The number of hydrazine groups is 1. The zero-order chi connectivity index (χ0) is 6.41. The van der Waals surface area contributed by atoms with Gasteiger partial charge in [-0.3, -0.25) is 4.84 Å². The number of nitrogens with zero attached hydrogens (tertiary/aromatic N) is 1. The molecule has 0 fully saturated rings. The van der Waals surface area contributed by atoms with Crippen LogP contribution in [0.1, 0.15) is 13.3 Å². The van der Waals surface area contributed by atoms with Crippen molar-refractivity contribution in [1.82, 2.24) is 10.8 Å². The Kier molecular flexibility index (Phi) is 4.89. The molecular weight excluding hydrogens is 108 g/mol. The Morgan fingerprint density at radius 1 is 1.75 bits per heavy atom. The summed E-state index contributed by atoms with van der Waals surface area (Å²) in [5.74, 6) is 0. The van der Waals surface area contributed by atoms with Crippen LogP contribution >= 0.6 is 0 Å². The van der Waals surface area contributed by atoms with Crippen LogP contribution in [0.5, 0.6) is 0 Å². The summed E-state index contributed by atoms with van der Waals surface area (Å²) in [7, 11) is 1.50. The van der Waals surface area contributed by atoms with E-state index in [4.69, 9.17) is 0 Å². The normalized spacial score (nSPS) is 10.5. The molecule has 0 aromatic heterocycles. The van der Waals surface area contributed by atoms with Crippen molar-refractivity contribution in [2.45, 2.75) is 13.3 Å². The van der Waals surface area contributed by atoms with E-state index < -0.39 is 0 Å². The molecule has 4 nitrogen and oxygen atoms in total. The van der Waals surface area contributed by atoms with Gasteiger partial charge in [-0.2, -0.15) is 5.34 Å². The zero-order valence-electron chi connectivity index (χ0n) is 5.18. The Morgan fingerprint density at radius 2 is 2.38 bits per heavy atom. The first-order valence-electron chi connectivity index (χ1n) is 2.58. The molecule has 0 atom stereocenters. The number of hydrogen-bond acceptors (Lipinski definition) is 4. The largest absolute Gasteiger partial charge is 0.748 e. The van der Waals surface area contributed by atoms with Gasteiger partial charge in [0.1, 0.15) is 0 Å². The Morgan fingerprint density at radius 3 is 2.75 bits per heavy atom. The molecule has 0 amide bonds. The lowest BCUT2D eigenvalue weighted by Crippen LogP contribution is -2.29. The van der Waals surface area contributed by atoms with Gasteiger partial charge in [0.25, 0.3) is 0 Å². The summed E-state index contributed by atoms with van der Waals surface area (Å²) in [6.07, 6.45) is 0.848. The number of rotatable bonds is 4. The molecule has 0 saturated carbocycles. The molecule has 0 bridgehead atoms. The lowest BCUT2D eigenvalue weighted by molar-refractivity contribution is -0.151. The van der Waals surface area contributed by atoms with Crippen molar-refractivity contribution in [3.8, 4) is 0 Å². The van der Waals surface area contributed by atoms with Crippen molar-refractivity contribution in [2.24, 2.45) is 0 Å². The maximum atomic E-state index is 10.2. The molecule has 8 heavy (non-hydrogen) atoms. The van der Waals surface area contributed by atoms with Crippen LogP contribution in [-0.4, -0.2) is 19.0 Å². The molecule has 0 aromatic carbocycles. The van der Waals surface area contributed by atoms with Crippen LogP contribution in [0.25, 0.3) is 0 Å². The van der Waals surface area contributed by atoms with Gasteiger partial charge < -0.3 is 5.21 Å².